The minimum atomic E-state index is -0.254. The van der Waals surface area contributed by atoms with Crippen LogP contribution in [0.3, 0.4) is 0 Å². The molecule has 0 spiro atoms. The van der Waals surface area contributed by atoms with Gasteiger partial charge in [-0.15, -0.1) is 0 Å². The van der Waals surface area contributed by atoms with Crippen molar-refractivity contribution < 1.29 is 0 Å². The molecule has 9 rings (SSSR count). The molecule has 458 valence electrons. The number of hydrogen-bond acceptors (Lipinski definition) is 2. The first-order chi connectivity index (χ1) is 41.8. The van der Waals surface area contributed by atoms with Crippen LogP contribution in [0.5, 0.6) is 0 Å². The van der Waals surface area contributed by atoms with Crippen LogP contribution in [-0.4, -0.2) is 0 Å². The van der Waals surface area contributed by atoms with E-state index in [0.717, 1.165) is 12.8 Å². The van der Waals surface area contributed by atoms with Crippen LogP contribution in [0.1, 0.15) is 282 Å². The zero-order valence-corrected chi connectivity index (χ0v) is 55.7. The summed E-state index contributed by atoms with van der Waals surface area (Å²) in [5.74, 6) is 0. The second-order valence-corrected chi connectivity index (χ2v) is 28.5. The molecule has 2 nitrogen and oxygen atoms in total. The van der Waals surface area contributed by atoms with E-state index in [1.54, 1.807) is 16.7 Å². The standard InChI is InChI=1S/C84H112N2/c1-11-15-19-23-27-39-59-83(60-40-28-24-20-16-12-2)75-48-38-37-47-71(75)73-63-77-74(64-76(73)83)72-57-58-78(85(67-43-33-31-34-44-67)69-53-49-65(50-54-69)81(5,6)7)80(86(68-45-35-32-36-46-68)70-55-51-66(52-56-70)82(8,9)10)79(72)84(77,61-41-29-25-21-17-13-3)62-42-30-26-22-18-14-4/h31-38,43-58,63-64H,11-30,39-42,59-62H2,1-10H3. The van der Waals surface area contributed by atoms with Gasteiger partial charge < -0.3 is 9.80 Å². The summed E-state index contributed by atoms with van der Waals surface area (Å²) in [5, 5.41) is 0. The van der Waals surface area contributed by atoms with Crippen molar-refractivity contribution in [2.24, 2.45) is 0 Å². The Morgan fingerprint density at radius 1 is 0.291 bits per heavy atom. The topological polar surface area (TPSA) is 6.48 Å². The molecular weight excluding hydrogens is 1040 g/mol. The third-order valence-corrected chi connectivity index (χ3v) is 20.2. The van der Waals surface area contributed by atoms with E-state index in [1.807, 2.05) is 0 Å². The SMILES string of the molecule is CCCCCCCCC1(CCCCCCCC)c2ccccc2-c2cc3c(cc21)-c1ccc(N(c2ccccc2)c2ccc(C(C)(C)C)cc2)c(N(c2ccccc2)c2ccc(C(C)(C)C)cc2)c1C3(CCCCCCCC)CCCCCCCC. The predicted octanol–water partition coefficient (Wildman–Crippen LogP) is 26.8. The molecule has 7 aromatic rings. The summed E-state index contributed by atoms with van der Waals surface area (Å²) < 4.78 is 0. The number of anilines is 6. The largest absolute Gasteiger partial charge is 0.308 e. The molecule has 0 aliphatic heterocycles. The third-order valence-electron chi connectivity index (χ3n) is 20.2. The van der Waals surface area contributed by atoms with Crippen molar-refractivity contribution in [3.05, 3.63) is 191 Å². The van der Waals surface area contributed by atoms with Crippen LogP contribution >= 0.6 is 0 Å². The molecule has 0 amide bonds. The Morgan fingerprint density at radius 3 is 1.08 bits per heavy atom. The first-order valence-corrected chi connectivity index (χ1v) is 35.2. The van der Waals surface area contributed by atoms with Gasteiger partial charge in [-0.25, -0.2) is 0 Å². The minimum absolute atomic E-state index is 0.0159. The Hall–Kier alpha value is -5.86. The van der Waals surface area contributed by atoms with E-state index in [0.29, 0.717) is 0 Å². The van der Waals surface area contributed by atoms with Gasteiger partial charge in [0.1, 0.15) is 0 Å². The van der Waals surface area contributed by atoms with Crippen molar-refractivity contribution in [1.29, 1.82) is 0 Å². The minimum Gasteiger partial charge on any atom is -0.308 e. The maximum absolute atomic E-state index is 2.86. The zero-order valence-electron chi connectivity index (χ0n) is 55.7. The monoisotopic (exact) mass is 1150 g/mol. The quantitative estimate of drug-likeness (QED) is 0.0371. The summed E-state index contributed by atoms with van der Waals surface area (Å²) in [7, 11) is 0. The Bertz CT molecular complexity index is 3130. The fraction of sp³-hybridized carbons (Fsp3) is 0.500. The van der Waals surface area contributed by atoms with Crippen LogP contribution in [0.2, 0.25) is 0 Å². The number of hydrogen-bond donors (Lipinski definition) is 0. The summed E-state index contributed by atoms with van der Waals surface area (Å²) in [4.78, 5) is 5.33. The first kappa shape index (κ1) is 64.6. The number of para-hydroxylation sites is 2. The Balaban J connectivity index is 1.38. The Kier molecular flexibility index (Phi) is 22.8. The Labute approximate surface area is 525 Å². The molecule has 2 heteroatoms. The lowest BCUT2D eigenvalue weighted by molar-refractivity contribution is 0.395. The molecule has 0 unspecified atom stereocenters. The molecule has 0 N–H and O–H groups in total. The fourth-order valence-electron chi connectivity index (χ4n) is 15.3. The molecule has 0 aromatic heterocycles. The lowest BCUT2D eigenvalue weighted by Crippen LogP contribution is -2.29. The van der Waals surface area contributed by atoms with E-state index in [2.05, 4.69) is 237 Å². The third kappa shape index (κ3) is 14.7. The molecule has 0 heterocycles. The second kappa shape index (κ2) is 30.4. The molecule has 0 saturated carbocycles. The van der Waals surface area contributed by atoms with Gasteiger partial charge in [0.05, 0.1) is 11.4 Å². The highest BCUT2D eigenvalue weighted by molar-refractivity contribution is 6.01. The molecule has 0 bridgehead atoms. The van der Waals surface area contributed by atoms with Gasteiger partial charge in [-0.05, 0) is 159 Å². The van der Waals surface area contributed by atoms with Crippen LogP contribution in [-0.2, 0) is 21.7 Å². The van der Waals surface area contributed by atoms with Gasteiger partial charge in [0.2, 0.25) is 0 Å². The zero-order chi connectivity index (χ0) is 60.6. The van der Waals surface area contributed by atoms with Gasteiger partial charge in [0, 0.05) is 33.6 Å². The van der Waals surface area contributed by atoms with Gasteiger partial charge >= 0.3 is 0 Å². The van der Waals surface area contributed by atoms with E-state index in [1.165, 1.54) is 240 Å². The van der Waals surface area contributed by atoms with Crippen LogP contribution in [0.15, 0.2) is 158 Å². The van der Waals surface area contributed by atoms with E-state index in [9.17, 15) is 0 Å². The van der Waals surface area contributed by atoms with Crippen LogP contribution < -0.4 is 9.80 Å². The predicted molar refractivity (Wildman–Crippen MR) is 378 cm³/mol. The van der Waals surface area contributed by atoms with Crippen molar-refractivity contribution >= 4 is 34.1 Å². The van der Waals surface area contributed by atoms with Crippen LogP contribution in [0.4, 0.5) is 34.1 Å². The van der Waals surface area contributed by atoms with Crippen LogP contribution in [0, 0.1) is 0 Å². The molecule has 0 radical (unpaired) electrons. The van der Waals surface area contributed by atoms with E-state index in [-0.39, 0.29) is 21.7 Å². The van der Waals surface area contributed by atoms with E-state index >= 15 is 0 Å². The summed E-state index contributed by atoms with van der Waals surface area (Å²) in [6.07, 6.45) is 35.9. The summed E-state index contributed by atoms with van der Waals surface area (Å²) in [6, 6.07) is 62.8. The van der Waals surface area contributed by atoms with E-state index in [4.69, 9.17) is 0 Å². The lowest BCUT2D eigenvalue weighted by atomic mass is 9.68. The highest BCUT2D eigenvalue weighted by Crippen LogP contribution is 2.65. The molecular formula is C84H112N2. The number of benzene rings is 7. The molecule has 86 heavy (non-hydrogen) atoms. The van der Waals surface area contributed by atoms with Crippen molar-refractivity contribution in [2.45, 2.75) is 271 Å². The van der Waals surface area contributed by atoms with Gasteiger partial charge in [0.25, 0.3) is 0 Å². The van der Waals surface area contributed by atoms with Gasteiger partial charge in [-0.3, -0.25) is 0 Å². The van der Waals surface area contributed by atoms with Gasteiger partial charge in [-0.2, -0.15) is 0 Å². The van der Waals surface area contributed by atoms with Crippen molar-refractivity contribution in [3.63, 3.8) is 0 Å². The normalized spacial score (nSPS) is 13.8. The number of rotatable bonds is 34. The number of nitrogens with zero attached hydrogens (tertiary/aromatic N) is 2. The highest BCUT2D eigenvalue weighted by Gasteiger charge is 2.50. The summed E-state index contributed by atoms with van der Waals surface area (Å²) in [5.41, 5.74) is 22.1. The first-order valence-electron chi connectivity index (χ1n) is 35.2. The number of fused-ring (bicyclic) bond motifs is 6. The lowest BCUT2D eigenvalue weighted by Gasteiger charge is -2.40. The van der Waals surface area contributed by atoms with Gasteiger partial charge in [-0.1, -0.05) is 314 Å². The van der Waals surface area contributed by atoms with Crippen molar-refractivity contribution in [2.75, 3.05) is 9.80 Å². The summed E-state index contributed by atoms with van der Waals surface area (Å²) >= 11 is 0. The van der Waals surface area contributed by atoms with Gasteiger partial charge in [0.15, 0.2) is 0 Å². The molecule has 0 saturated heterocycles. The number of unbranched alkanes of at least 4 members (excludes halogenated alkanes) is 20. The smallest absolute Gasteiger partial charge is 0.0749 e. The van der Waals surface area contributed by atoms with Crippen molar-refractivity contribution in [3.8, 4) is 22.3 Å². The molecule has 2 aliphatic carbocycles. The van der Waals surface area contributed by atoms with Crippen LogP contribution in [0.25, 0.3) is 22.3 Å². The maximum atomic E-state index is 2.86. The maximum Gasteiger partial charge on any atom is 0.0749 e. The molecule has 2 aliphatic rings. The fourth-order valence-corrected chi connectivity index (χ4v) is 15.3. The van der Waals surface area contributed by atoms with Crippen molar-refractivity contribution in [1.82, 2.24) is 0 Å². The average Bonchev–Trinajstić information content (AvgIpc) is 1.52. The summed E-state index contributed by atoms with van der Waals surface area (Å²) in [6.45, 7) is 23.5. The average molecular weight is 1150 g/mol. The molecule has 0 atom stereocenters. The van der Waals surface area contributed by atoms with E-state index < -0.39 is 0 Å². The Morgan fingerprint density at radius 2 is 0.640 bits per heavy atom. The highest BCUT2D eigenvalue weighted by atomic mass is 15.2. The second-order valence-electron chi connectivity index (χ2n) is 28.5. The molecule has 0 fully saturated rings. The molecule has 7 aromatic carbocycles.